The van der Waals surface area contributed by atoms with Gasteiger partial charge in [0.05, 0.1) is 6.61 Å². The molecule has 0 saturated carbocycles. The molecular weight excluding hydrogens is 230 g/mol. The minimum atomic E-state index is -2.09. The van der Waals surface area contributed by atoms with E-state index in [1.54, 1.807) is 0 Å². The first-order valence-corrected chi connectivity index (χ1v) is 5.74. The van der Waals surface area contributed by atoms with E-state index in [-0.39, 0.29) is 13.2 Å². The van der Waals surface area contributed by atoms with E-state index in [0.717, 1.165) is 6.42 Å². The molecule has 1 rings (SSSR count). The molecule has 1 aliphatic rings. The first-order valence-electron chi connectivity index (χ1n) is 5.74. The number of hydrogen-bond acceptors (Lipinski definition) is 7. The minimum absolute atomic E-state index is 0.132. The van der Waals surface area contributed by atoms with Crippen LogP contribution in [-0.4, -0.2) is 75.9 Å². The van der Waals surface area contributed by atoms with Gasteiger partial charge in [-0.05, 0) is 19.4 Å². The Morgan fingerprint density at radius 3 is 2.41 bits per heavy atom. The van der Waals surface area contributed by atoms with Gasteiger partial charge in [-0.25, -0.2) is 0 Å². The van der Waals surface area contributed by atoms with Crippen LogP contribution in [0.4, 0.5) is 0 Å². The lowest BCUT2D eigenvalue weighted by Gasteiger charge is -2.22. The molecule has 0 radical (unpaired) electrons. The summed E-state index contributed by atoms with van der Waals surface area (Å²) in [6.07, 6.45) is -2.05. The molecule has 1 saturated heterocycles. The third-order valence-corrected chi connectivity index (χ3v) is 2.86. The van der Waals surface area contributed by atoms with Gasteiger partial charge >= 0.3 is 0 Å². The van der Waals surface area contributed by atoms with E-state index in [1.165, 1.54) is 0 Å². The number of aliphatic hydroxyl groups is 5. The third kappa shape index (κ3) is 3.59. The number of ether oxygens (including phenoxy) is 1. The molecule has 0 aromatic rings. The van der Waals surface area contributed by atoms with Gasteiger partial charge in [0.25, 0.3) is 0 Å². The lowest BCUT2D eigenvalue weighted by Crippen LogP contribution is -2.46. The van der Waals surface area contributed by atoms with Crippen LogP contribution in [-0.2, 0) is 4.74 Å². The predicted molar refractivity (Wildman–Crippen MR) is 58.1 cm³/mol. The Morgan fingerprint density at radius 2 is 1.88 bits per heavy atom. The topological polar surface area (TPSA) is 122 Å². The van der Waals surface area contributed by atoms with E-state index >= 15 is 0 Å². The van der Waals surface area contributed by atoms with E-state index in [0.29, 0.717) is 13.0 Å². The highest BCUT2D eigenvalue weighted by atomic mass is 16.7. The van der Waals surface area contributed by atoms with Crippen LogP contribution in [0.2, 0.25) is 0 Å². The van der Waals surface area contributed by atoms with Crippen molar-refractivity contribution < 1.29 is 30.3 Å². The lowest BCUT2D eigenvalue weighted by molar-refractivity contribution is -0.245. The second kappa shape index (κ2) is 6.60. The fraction of sp³-hybridized carbons (Fsp3) is 1.00. The summed E-state index contributed by atoms with van der Waals surface area (Å²) in [4.78, 5) is 0. The fourth-order valence-electron chi connectivity index (χ4n) is 1.77. The van der Waals surface area contributed by atoms with Gasteiger partial charge in [-0.1, -0.05) is 0 Å². The Balaban J connectivity index is 2.30. The Labute approximate surface area is 99.7 Å². The zero-order chi connectivity index (χ0) is 12.9. The van der Waals surface area contributed by atoms with E-state index < -0.39 is 30.7 Å². The maximum atomic E-state index is 9.61. The normalized spacial score (nSPS) is 37.6. The van der Waals surface area contributed by atoms with Crippen molar-refractivity contribution in [3.63, 3.8) is 0 Å². The quantitative estimate of drug-likeness (QED) is 0.269. The summed E-state index contributed by atoms with van der Waals surface area (Å²) in [5.41, 5.74) is 0. The smallest absolute Gasteiger partial charge is 0.219 e. The first-order chi connectivity index (χ1) is 8.05. The van der Waals surface area contributed by atoms with Gasteiger partial charge in [-0.15, -0.1) is 0 Å². The monoisotopic (exact) mass is 251 g/mol. The van der Waals surface area contributed by atoms with E-state index in [2.05, 4.69) is 5.32 Å². The van der Waals surface area contributed by atoms with Gasteiger partial charge in [0.1, 0.15) is 18.3 Å². The number of rotatable bonds is 7. The molecule has 0 amide bonds. The van der Waals surface area contributed by atoms with Crippen LogP contribution >= 0.6 is 0 Å². The standard InChI is InChI=1S/C10H21NO6/c12-4-2-1-3-11-5-7-8(14)9(15)10(16,6-13)17-7/h7-9,11-16H,1-6H2/t7-,8+,9-,10+/m1/s1. The highest BCUT2D eigenvalue weighted by molar-refractivity contribution is 4.95. The molecule has 0 aliphatic carbocycles. The van der Waals surface area contributed by atoms with Gasteiger partial charge < -0.3 is 35.6 Å². The molecule has 7 heteroatoms. The fourth-order valence-corrected chi connectivity index (χ4v) is 1.77. The second-order valence-electron chi connectivity index (χ2n) is 4.23. The number of hydrogen-bond donors (Lipinski definition) is 6. The number of nitrogens with one attached hydrogen (secondary N) is 1. The molecule has 0 aromatic carbocycles. The summed E-state index contributed by atoms with van der Waals surface area (Å²) in [7, 11) is 0. The highest BCUT2D eigenvalue weighted by Gasteiger charge is 2.52. The maximum absolute atomic E-state index is 9.61. The van der Waals surface area contributed by atoms with Gasteiger partial charge in [0.15, 0.2) is 0 Å². The van der Waals surface area contributed by atoms with Crippen LogP contribution < -0.4 is 5.32 Å². The average Bonchev–Trinajstić information content (AvgIpc) is 2.55. The van der Waals surface area contributed by atoms with Crippen molar-refractivity contribution in [2.75, 3.05) is 26.3 Å². The van der Waals surface area contributed by atoms with Gasteiger partial charge in [0, 0.05) is 13.2 Å². The summed E-state index contributed by atoms with van der Waals surface area (Å²) in [5, 5.41) is 49.1. The third-order valence-electron chi connectivity index (χ3n) is 2.86. The van der Waals surface area contributed by atoms with Gasteiger partial charge in [-0.2, -0.15) is 0 Å². The van der Waals surface area contributed by atoms with Crippen molar-refractivity contribution in [1.29, 1.82) is 0 Å². The zero-order valence-corrected chi connectivity index (χ0v) is 9.62. The van der Waals surface area contributed by atoms with E-state index in [1.807, 2.05) is 0 Å². The Bertz CT molecular complexity index is 229. The molecule has 0 unspecified atom stereocenters. The molecule has 4 atom stereocenters. The first kappa shape index (κ1) is 14.8. The molecule has 6 N–H and O–H groups in total. The largest absolute Gasteiger partial charge is 0.396 e. The predicted octanol–water partition coefficient (Wildman–Crippen LogP) is -2.85. The lowest BCUT2D eigenvalue weighted by atomic mass is 10.1. The van der Waals surface area contributed by atoms with Gasteiger partial charge in [-0.3, -0.25) is 0 Å². The summed E-state index contributed by atoms with van der Waals surface area (Å²) in [6.45, 7) is 0.256. The molecular formula is C10H21NO6. The van der Waals surface area contributed by atoms with Crippen LogP contribution in [0.5, 0.6) is 0 Å². The molecule has 1 fully saturated rings. The van der Waals surface area contributed by atoms with Crippen LogP contribution in [0, 0.1) is 0 Å². The zero-order valence-electron chi connectivity index (χ0n) is 9.62. The number of aliphatic hydroxyl groups excluding tert-OH is 4. The second-order valence-corrected chi connectivity index (χ2v) is 4.23. The molecule has 17 heavy (non-hydrogen) atoms. The Morgan fingerprint density at radius 1 is 1.18 bits per heavy atom. The minimum Gasteiger partial charge on any atom is -0.396 e. The van der Waals surface area contributed by atoms with Crippen LogP contribution in [0.25, 0.3) is 0 Å². The van der Waals surface area contributed by atoms with Crippen LogP contribution in [0.3, 0.4) is 0 Å². The summed E-state index contributed by atoms with van der Waals surface area (Å²) >= 11 is 0. The average molecular weight is 251 g/mol. The molecule has 1 aliphatic heterocycles. The van der Waals surface area contributed by atoms with Crippen molar-refractivity contribution in [2.45, 2.75) is 36.9 Å². The number of unbranched alkanes of at least 4 members (excludes halogenated alkanes) is 1. The van der Waals surface area contributed by atoms with Crippen molar-refractivity contribution in [3.8, 4) is 0 Å². The Kier molecular flexibility index (Phi) is 5.74. The SMILES string of the molecule is OCCCCNC[C@H]1O[C@@](O)(CO)[C@H](O)[C@H]1O. The maximum Gasteiger partial charge on any atom is 0.219 e. The summed E-state index contributed by atoms with van der Waals surface area (Å²) in [6, 6.07) is 0. The Hall–Kier alpha value is -0.280. The van der Waals surface area contributed by atoms with E-state index in [9.17, 15) is 15.3 Å². The molecule has 1 heterocycles. The summed E-state index contributed by atoms with van der Waals surface area (Å²) < 4.78 is 5.02. The van der Waals surface area contributed by atoms with Crippen molar-refractivity contribution in [1.82, 2.24) is 5.32 Å². The summed E-state index contributed by atoms with van der Waals surface area (Å²) in [5.74, 6) is -2.09. The van der Waals surface area contributed by atoms with Crippen molar-refractivity contribution >= 4 is 0 Å². The molecule has 0 spiro atoms. The van der Waals surface area contributed by atoms with Crippen molar-refractivity contribution in [2.24, 2.45) is 0 Å². The van der Waals surface area contributed by atoms with Crippen molar-refractivity contribution in [3.05, 3.63) is 0 Å². The van der Waals surface area contributed by atoms with Crippen LogP contribution in [0.15, 0.2) is 0 Å². The molecule has 7 nitrogen and oxygen atoms in total. The molecule has 102 valence electrons. The highest BCUT2D eigenvalue weighted by Crippen LogP contribution is 2.28. The van der Waals surface area contributed by atoms with E-state index in [4.69, 9.17) is 14.9 Å². The molecule has 0 aromatic heterocycles. The van der Waals surface area contributed by atoms with Gasteiger partial charge in [0.2, 0.25) is 5.79 Å². The van der Waals surface area contributed by atoms with Crippen LogP contribution in [0.1, 0.15) is 12.8 Å². The molecule has 0 bridgehead atoms.